The van der Waals surface area contributed by atoms with Crippen molar-refractivity contribution in [3.05, 3.63) is 0 Å². The van der Waals surface area contributed by atoms with E-state index in [0.29, 0.717) is 0 Å². The monoisotopic (exact) mass is 252 g/mol. The Morgan fingerprint density at radius 2 is 1.83 bits per heavy atom. The zero-order valence-corrected chi connectivity index (χ0v) is 12.5. The fourth-order valence-electron chi connectivity index (χ4n) is 3.71. The third kappa shape index (κ3) is 4.24. The molecule has 0 aromatic rings. The standard InChI is InChI=1S/C16H32N2/c1-3-14-7-9-16(10-8-14)18(2)13-11-15-6-4-5-12-17-15/h14-17H,3-13H2,1-2H3. The van der Waals surface area contributed by atoms with Crippen molar-refractivity contribution >= 4 is 0 Å². The van der Waals surface area contributed by atoms with Crippen LogP contribution in [0.4, 0.5) is 0 Å². The molecule has 1 aliphatic carbocycles. The lowest BCUT2D eigenvalue weighted by molar-refractivity contribution is 0.155. The van der Waals surface area contributed by atoms with Crippen LogP contribution >= 0.6 is 0 Å². The number of hydrogen-bond acceptors (Lipinski definition) is 2. The van der Waals surface area contributed by atoms with Gasteiger partial charge in [-0.2, -0.15) is 0 Å². The van der Waals surface area contributed by atoms with E-state index in [2.05, 4.69) is 24.2 Å². The molecule has 1 unspecified atom stereocenters. The van der Waals surface area contributed by atoms with Gasteiger partial charge in [-0.1, -0.05) is 19.8 Å². The molecule has 1 atom stereocenters. The van der Waals surface area contributed by atoms with Crippen molar-refractivity contribution in [3.63, 3.8) is 0 Å². The van der Waals surface area contributed by atoms with Crippen LogP contribution in [0.1, 0.15) is 64.7 Å². The van der Waals surface area contributed by atoms with E-state index in [1.54, 1.807) is 0 Å². The van der Waals surface area contributed by atoms with Gasteiger partial charge in [0.25, 0.3) is 0 Å². The Labute approximate surface area is 114 Å². The van der Waals surface area contributed by atoms with Crippen LogP contribution < -0.4 is 5.32 Å². The van der Waals surface area contributed by atoms with Gasteiger partial charge in [-0.15, -0.1) is 0 Å². The molecule has 0 aromatic carbocycles. The maximum atomic E-state index is 3.67. The first-order valence-electron chi connectivity index (χ1n) is 8.23. The van der Waals surface area contributed by atoms with Gasteiger partial charge >= 0.3 is 0 Å². The fourth-order valence-corrected chi connectivity index (χ4v) is 3.71. The average Bonchev–Trinajstić information content (AvgIpc) is 2.46. The molecule has 1 saturated carbocycles. The smallest absolute Gasteiger partial charge is 0.00924 e. The van der Waals surface area contributed by atoms with Crippen molar-refractivity contribution in [2.75, 3.05) is 20.1 Å². The molecule has 0 amide bonds. The van der Waals surface area contributed by atoms with E-state index >= 15 is 0 Å². The Morgan fingerprint density at radius 1 is 1.06 bits per heavy atom. The summed E-state index contributed by atoms with van der Waals surface area (Å²) in [5.41, 5.74) is 0. The summed E-state index contributed by atoms with van der Waals surface area (Å²) < 4.78 is 0. The zero-order valence-electron chi connectivity index (χ0n) is 12.5. The molecular formula is C16H32N2. The Morgan fingerprint density at radius 3 is 2.44 bits per heavy atom. The van der Waals surface area contributed by atoms with Gasteiger partial charge in [0.05, 0.1) is 0 Å². The molecule has 18 heavy (non-hydrogen) atoms. The maximum absolute atomic E-state index is 3.67. The molecule has 2 aliphatic rings. The molecule has 2 fully saturated rings. The number of nitrogens with zero attached hydrogens (tertiary/aromatic N) is 1. The number of nitrogens with one attached hydrogen (secondary N) is 1. The molecule has 0 spiro atoms. The molecule has 2 rings (SSSR count). The average molecular weight is 252 g/mol. The van der Waals surface area contributed by atoms with E-state index in [1.165, 1.54) is 70.9 Å². The molecule has 2 heteroatoms. The molecule has 0 bridgehead atoms. The van der Waals surface area contributed by atoms with Crippen molar-refractivity contribution in [2.45, 2.75) is 76.8 Å². The third-order valence-corrected chi connectivity index (χ3v) is 5.26. The second kappa shape index (κ2) is 7.49. The van der Waals surface area contributed by atoms with Crippen molar-refractivity contribution in [2.24, 2.45) is 5.92 Å². The summed E-state index contributed by atoms with van der Waals surface area (Å²) >= 11 is 0. The summed E-state index contributed by atoms with van der Waals surface area (Å²) in [6, 6.07) is 1.67. The molecule has 0 radical (unpaired) electrons. The van der Waals surface area contributed by atoms with Crippen molar-refractivity contribution in [1.29, 1.82) is 0 Å². The van der Waals surface area contributed by atoms with Crippen molar-refractivity contribution in [3.8, 4) is 0 Å². The Balaban J connectivity index is 1.63. The lowest BCUT2D eigenvalue weighted by Gasteiger charge is -2.35. The van der Waals surface area contributed by atoms with Gasteiger partial charge in [-0.3, -0.25) is 0 Å². The minimum Gasteiger partial charge on any atom is -0.314 e. The second-order valence-corrected chi connectivity index (χ2v) is 6.50. The summed E-state index contributed by atoms with van der Waals surface area (Å²) in [5.74, 6) is 1.02. The van der Waals surface area contributed by atoms with E-state index in [0.717, 1.165) is 18.0 Å². The van der Waals surface area contributed by atoms with Crippen molar-refractivity contribution in [1.82, 2.24) is 10.2 Å². The van der Waals surface area contributed by atoms with Crippen LogP contribution in [0.3, 0.4) is 0 Å². The van der Waals surface area contributed by atoms with Gasteiger partial charge in [0.1, 0.15) is 0 Å². The number of rotatable bonds is 5. The van der Waals surface area contributed by atoms with E-state index in [4.69, 9.17) is 0 Å². The van der Waals surface area contributed by atoms with Crippen LogP contribution in [0, 0.1) is 5.92 Å². The summed E-state index contributed by atoms with van der Waals surface area (Å²) in [6.07, 6.45) is 12.8. The summed E-state index contributed by atoms with van der Waals surface area (Å²) in [5, 5.41) is 3.67. The molecule has 1 aliphatic heterocycles. The van der Waals surface area contributed by atoms with Gasteiger partial charge in [0.15, 0.2) is 0 Å². The van der Waals surface area contributed by atoms with E-state index in [9.17, 15) is 0 Å². The van der Waals surface area contributed by atoms with Gasteiger partial charge in [-0.05, 0) is 71.0 Å². The molecule has 106 valence electrons. The minimum atomic E-state index is 0.799. The SMILES string of the molecule is CCC1CCC(N(C)CCC2CCCCN2)CC1. The Bertz CT molecular complexity index is 215. The first-order chi connectivity index (χ1) is 8.79. The molecule has 1 N–H and O–H groups in total. The fraction of sp³-hybridized carbons (Fsp3) is 1.00. The first-order valence-corrected chi connectivity index (χ1v) is 8.23. The summed E-state index contributed by atoms with van der Waals surface area (Å²) in [6.45, 7) is 4.89. The summed E-state index contributed by atoms with van der Waals surface area (Å²) in [7, 11) is 2.35. The van der Waals surface area contributed by atoms with Gasteiger partial charge < -0.3 is 10.2 Å². The lowest BCUT2D eigenvalue weighted by atomic mass is 9.84. The maximum Gasteiger partial charge on any atom is 0.00924 e. The minimum absolute atomic E-state index is 0.799. The van der Waals surface area contributed by atoms with Crippen LogP contribution in [0.15, 0.2) is 0 Å². The van der Waals surface area contributed by atoms with Gasteiger partial charge in [0.2, 0.25) is 0 Å². The predicted octanol–water partition coefficient (Wildman–Crippen LogP) is 3.42. The van der Waals surface area contributed by atoms with Gasteiger partial charge in [-0.25, -0.2) is 0 Å². The first kappa shape index (κ1) is 14.3. The van der Waals surface area contributed by atoms with Crippen LogP contribution in [-0.2, 0) is 0 Å². The van der Waals surface area contributed by atoms with E-state index in [-0.39, 0.29) is 0 Å². The largest absolute Gasteiger partial charge is 0.314 e. The highest BCUT2D eigenvalue weighted by Crippen LogP contribution is 2.29. The number of hydrogen-bond donors (Lipinski definition) is 1. The highest BCUT2D eigenvalue weighted by atomic mass is 15.1. The lowest BCUT2D eigenvalue weighted by Crippen LogP contribution is -2.40. The highest BCUT2D eigenvalue weighted by molar-refractivity contribution is 4.79. The van der Waals surface area contributed by atoms with Gasteiger partial charge in [0, 0.05) is 12.1 Å². The van der Waals surface area contributed by atoms with Crippen LogP contribution in [0.5, 0.6) is 0 Å². The quantitative estimate of drug-likeness (QED) is 0.806. The van der Waals surface area contributed by atoms with Crippen LogP contribution in [0.25, 0.3) is 0 Å². The van der Waals surface area contributed by atoms with Crippen LogP contribution in [-0.4, -0.2) is 37.1 Å². The zero-order chi connectivity index (χ0) is 12.8. The van der Waals surface area contributed by atoms with Crippen molar-refractivity contribution < 1.29 is 0 Å². The highest BCUT2D eigenvalue weighted by Gasteiger charge is 2.23. The molecule has 1 saturated heterocycles. The normalized spacial score (nSPS) is 33.8. The molecule has 1 heterocycles. The molecule has 2 nitrogen and oxygen atoms in total. The summed E-state index contributed by atoms with van der Waals surface area (Å²) in [4.78, 5) is 2.64. The second-order valence-electron chi connectivity index (χ2n) is 6.50. The molecular weight excluding hydrogens is 220 g/mol. The Hall–Kier alpha value is -0.0800. The predicted molar refractivity (Wildman–Crippen MR) is 78.9 cm³/mol. The third-order valence-electron chi connectivity index (χ3n) is 5.26. The van der Waals surface area contributed by atoms with E-state index < -0.39 is 0 Å². The molecule has 0 aromatic heterocycles. The Kier molecular flexibility index (Phi) is 5.97. The number of piperidine rings is 1. The van der Waals surface area contributed by atoms with Crippen LogP contribution in [0.2, 0.25) is 0 Å². The topological polar surface area (TPSA) is 15.3 Å². The van der Waals surface area contributed by atoms with E-state index in [1.807, 2.05) is 0 Å².